The topological polar surface area (TPSA) is 98.2 Å². The summed E-state index contributed by atoms with van der Waals surface area (Å²) < 4.78 is 26.6. The van der Waals surface area contributed by atoms with Gasteiger partial charge in [0, 0.05) is 18.1 Å². The molecule has 1 aromatic heterocycles. The number of sulfone groups is 1. The van der Waals surface area contributed by atoms with E-state index in [0.29, 0.717) is 11.3 Å². The Balaban J connectivity index is 2.17. The van der Waals surface area contributed by atoms with Crippen LogP contribution in [-0.4, -0.2) is 34.9 Å². The van der Waals surface area contributed by atoms with Crippen LogP contribution < -0.4 is 5.73 Å². The van der Waals surface area contributed by atoms with E-state index in [9.17, 15) is 13.5 Å². The Labute approximate surface area is 136 Å². The minimum atomic E-state index is -3.60. The van der Waals surface area contributed by atoms with E-state index >= 15 is 0 Å². The molecule has 0 aliphatic heterocycles. The van der Waals surface area contributed by atoms with E-state index in [1.165, 1.54) is 12.4 Å². The molecular weight excluding hydrogens is 314 g/mol. The van der Waals surface area contributed by atoms with Gasteiger partial charge in [0.15, 0.2) is 9.84 Å². The Morgan fingerprint density at radius 1 is 1.43 bits per heavy atom. The standard InChI is InChI=1S/C16H21N3O3S/c1-2-3-4-13-9-15(5-6-16(13)17)23(21,22)11-14(20)10-19-8-7-18-12-19/h3-9,12,14,20H,2,10-11,17H2,1H3/b4-3+. The first-order valence-corrected chi connectivity index (χ1v) is 9.00. The number of aliphatic hydroxyl groups is 1. The molecule has 23 heavy (non-hydrogen) atoms. The first-order valence-electron chi connectivity index (χ1n) is 7.35. The molecule has 3 N–H and O–H groups in total. The molecule has 124 valence electrons. The lowest BCUT2D eigenvalue weighted by Gasteiger charge is -2.13. The molecule has 0 amide bonds. The van der Waals surface area contributed by atoms with Gasteiger partial charge in [-0.25, -0.2) is 13.4 Å². The second-order valence-electron chi connectivity index (χ2n) is 5.30. The van der Waals surface area contributed by atoms with Crippen molar-refractivity contribution < 1.29 is 13.5 Å². The van der Waals surface area contributed by atoms with Crippen LogP contribution in [0.3, 0.4) is 0 Å². The lowest BCUT2D eigenvalue weighted by atomic mass is 10.1. The average molecular weight is 335 g/mol. The number of benzene rings is 1. The molecule has 6 nitrogen and oxygen atoms in total. The Hall–Kier alpha value is -2.12. The van der Waals surface area contributed by atoms with Crippen LogP contribution in [0, 0.1) is 0 Å². The van der Waals surface area contributed by atoms with Crippen molar-refractivity contribution in [2.45, 2.75) is 30.9 Å². The Bertz CT molecular complexity index is 768. The van der Waals surface area contributed by atoms with Crippen molar-refractivity contribution in [1.29, 1.82) is 0 Å². The molecule has 0 saturated heterocycles. The van der Waals surface area contributed by atoms with Crippen molar-refractivity contribution in [2.24, 2.45) is 0 Å². The van der Waals surface area contributed by atoms with E-state index in [0.717, 1.165) is 6.42 Å². The lowest BCUT2D eigenvalue weighted by molar-refractivity contribution is 0.176. The summed E-state index contributed by atoms with van der Waals surface area (Å²) in [5.41, 5.74) is 7.04. The minimum absolute atomic E-state index is 0.159. The van der Waals surface area contributed by atoms with Crippen LogP contribution in [0.1, 0.15) is 18.9 Å². The molecule has 1 unspecified atom stereocenters. The van der Waals surface area contributed by atoms with Crippen LogP contribution in [0.5, 0.6) is 0 Å². The average Bonchev–Trinajstić information content (AvgIpc) is 2.98. The molecule has 2 aromatic rings. The van der Waals surface area contributed by atoms with Crippen LogP contribution in [0.25, 0.3) is 6.08 Å². The van der Waals surface area contributed by atoms with Gasteiger partial charge in [0.05, 0.1) is 29.6 Å². The molecule has 0 spiro atoms. The fourth-order valence-corrected chi connectivity index (χ4v) is 3.56. The van der Waals surface area contributed by atoms with Gasteiger partial charge in [0.25, 0.3) is 0 Å². The zero-order chi connectivity index (χ0) is 16.9. The molecule has 0 saturated carbocycles. The highest BCUT2D eigenvalue weighted by Crippen LogP contribution is 2.21. The van der Waals surface area contributed by atoms with Crippen molar-refractivity contribution in [1.82, 2.24) is 9.55 Å². The number of imidazole rings is 1. The second-order valence-corrected chi connectivity index (χ2v) is 7.33. The van der Waals surface area contributed by atoms with Gasteiger partial charge in [-0.15, -0.1) is 0 Å². The second kappa shape index (κ2) is 7.43. The van der Waals surface area contributed by atoms with Crippen molar-refractivity contribution in [3.8, 4) is 0 Å². The third-order valence-corrected chi connectivity index (χ3v) is 5.14. The first-order chi connectivity index (χ1) is 10.9. The van der Waals surface area contributed by atoms with Gasteiger partial charge >= 0.3 is 0 Å². The summed E-state index contributed by atoms with van der Waals surface area (Å²) in [5, 5.41) is 10.0. The van der Waals surface area contributed by atoms with Crippen molar-refractivity contribution in [3.05, 3.63) is 48.6 Å². The predicted molar refractivity (Wildman–Crippen MR) is 90.5 cm³/mol. The van der Waals surface area contributed by atoms with Crippen LogP contribution in [-0.2, 0) is 16.4 Å². The number of hydrogen-bond acceptors (Lipinski definition) is 5. The third-order valence-electron chi connectivity index (χ3n) is 3.34. The fourth-order valence-electron chi connectivity index (χ4n) is 2.18. The molecule has 7 heteroatoms. The molecule has 0 fully saturated rings. The molecule has 1 heterocycles. The molecule has 1 atom stereocenters. The highest BCUT2D eigenvalue weighted by atomic mass is 32.2. The molecule has 0 bridgehead atoms. The summed E-state index contributed by atoms with van der Waals surface area (Å²) in [4.78, 5) is 4.02. The molecule has 0 aliphatic rings. The zero-order valence-electron chi connectivity index (χ0n) is 13.0. The van der Waals surface area contributed by atoms with Crippen LogP contribution in [0.15, 0.2) is 47.9 Å². The maximum absolute atomic E-state index is 12.5. The summed E-state index contributed by atoms with van der Waals surface area (Å²) in [6.07, 6.45) is 8.32. The van der Waals surface area contributed by atoms with Gasteiger partial charge in [-0.05, 0) is 30.2 Å². The van der Waals surface area contributed by atoms with Gasteiger partial charge < -0.3 is 15.4 Å². The van der Waals surface area contributed by atoms with Crippen LogP contribution in [0.2, 0.25) is 0 Å². The van der Waals surface area contributed by atoms with E-state index in [2.05, 4.69) is 4.98 Å². The van der Waals surface area contributed by atoms with Gasteiger partial charge in [-0.1, -0.05) is 19.1 Å². The molecular formula is C16H21N3O3S. The van der Waals surface area contributed by atoms with E-state index in [1.807, 2.05) is 13.0 Å². The number of nitrogens with two attached hydrogens (primary N) is 1. The van der Waals surface area contributed by atoms with Gasteiger partial charge in [-0.3, -0.25) is 0 Å². The smallest absolute Gasteiger partial charge is 0.181 e. The number of nitrogens with zero attached hydrogens (tertiary/aromatic N) is 2. The first kappa shape index (κ1) is 17.2. The predicted octanol–water partition coefficient (Wildman–Crippen LogP) is 1.72. The maximum Gasteiger partial charge on any atom is 0.181 e. The molecule has 0 radical (unpaired) electrons. The number of hydrogen-bond donors (Lipinski definition) is 2. The summed E-state index contributed by atoms with van der Waals surface area (Å²) in [5.74, 6) is -0.355. The molecule has 2 rings (SSSR count). The van der Waals surface area contributed by atoms with E-state index < -0.39 is 15.9 Å². The summed E-state index contributed by atoms with van der Waals surface area (Å²) in [6, 6.07) is 4.59. The number of nitrogen functional groups attached to an aromatic ring is 1. The van der Waals surface area contributed by atoms with Crippen molar-refractivity contribution >= 4 is 21.6 Å². The van der Waals surface area contributed by atoms with Gasteiger partial charge in [0.1, 0.15) is 0 Å². The maximum atomic E-state index is 12.5. The minimum Gasteiger partial charge on any atom is -0.398 e. The number of anilines is 1. The third kappa shape index (κ3) is 4.67. The quantitative estimate of drug-likeness (QED) is 0.751. The zero-order valence-corrected chi connectivity index (χ0v) is 13.8. The Morgan fingerprint density at radius 3 is 2.87 bits per heavy atom. The highest BCUT2D eigenvalue weighted by molar-refractivity contribution is 7.91. The number of aromatic nitrogens is 2. The number of rotatable bonds is 7. The Morgan fingerprint density at radius 2 is 2.22 bits per heavy atom. The van der Waals surface area contributed by atoms with Crippen LogP contribution in [0.4, 0.5) is 5.69 Å². The van der Waals surface area contributed by atoms with Crippen LogP contribution >= 0.6 is 0 Å². The summed E-state index contributed by atoms with van der Waals surface area (Å²) in [7, 11) is -3.60. The monoisotopic (exact) mass is 335 g/mol. The van der Waals surface area contributed by atoms with Gasteiger partial charge in [0.2, 0.25) is 0 Å². The Kier molecular flexibility index (Phi) is 5.57. The largest absolute Gasteiger partial charge is 0.398 e. The number of aliphatic hydroxyl groups excluding tert-OH is 1. The molecule has 0 aliphatic carbocycles. The summed E-state index contributed by atoms with van der Waals surface area (Å²) in [6.45, 7) is 2.16. The van der Waals surface area contributed by atoms with E-state index in [-0.39, 0.29) is 17.2 Å². The van der Waals surface area contributed by atoms with Crippen molar-refractivity contribution in [2.75, 3.05) is 11.5 Å². The van der Waals surface area contributed by atoms with Crippen molar-refractivity contribution in [3.63, 3.8) is 0 Å². The normalized spacial score (nSPS) is 13.5. The summed E-state index contributed by atoms with van der Waals surface area (Å²) >= 11 is 0. The number of allylic oxidation sites excluding steroid dienone is 1. The lowest BCUT2D eigenvalue weighted by Crippen LogP contribution is -2.25. The SMILES string of the molecule is CC/C=C/c1cc(S(=O)(=O)CC(O)Cn2ccnc2)ccc1N. The highest BCUT2D eigenvalue weighted by Gasteiger charge is 2.20. The van der Waals surface area contributed by atoms with E-state index in [1.54, 1.807) is 35.2 Å². The molecule has 1 aromatic carbocycles. The fraction of sp³-hybridized carbons (Fsp3) is 0.312. The van der Waals surface area contributed by atoms with Gasteiger partial charge in [-0.2, -0.15) is 0 Å². The van der Waals surface area contributed by atoms with E-state index in [4.69, 9.17) is 5.73 Å².